The summed E-state index contributed by atoms with van der Waals surface area (Å²) in [6, 6.07) is 5.77. The molecule has 2 fully saturated rings. The standard InChI is InChI=1S/C21H26ClFN2O3/c1-20(23)6-8-21(27,9-7-20)13-24-19(26)15-11-25(14-5-10-28-12-14)17-4-2-3-16(22)18(15)17/h2-4,11,14,27H,5-10,12-13H2,1H3,(H,24,26). The topological polar surface area (TPSA) is 63.5 Å². The van der Waals surface area contributed by atoms with Crippen LogP contribution in [0.15, 0.2) is 24.4 Å². The Morgan fingerprint density at radius 2 is 2.14 bits per heavy atom. The average molecular weight is 409 g/mol. The van der Waals surface area contributed by atoms with E-state index < -0.39 is 11.3 Å². The number of hydrogen-bond donors (Lipinski definition) is 2. The fourth-order valence-electron chi connectivity index (χ4n) is 4.24. The van der Waals surface area contributed by atoms with E-state index in [-0.39, 0.29) is 18.5 Å². The molecule has 1 aromatic heterocycles. The Hall–Kier alpha value is -1.63. The maximum absolute atomic E-state index is 14.0. The van der Waals surface area contributed by atoms with Gasteiger partial charge in [-0.2, -0.15) is 0 Å². The number of nitrogens with one attached hydrogen (secondary N) is 1. The van der Waals surface area contributed by atoms with Crippen LogP contribution in [-0.4, -0.2) is 46.6 Å². The number of fused-ring (bicyclic) bond motifs is 1. The number of halogens is 2. The number of carbonyl (C=O) groups excluding carboxylic acids is 1. The van der Waals surface area contributed by atoms with E-state index in [9.17, 15) is 14.3 Å². The highest BCUT2D eigenvalue weighted by Gasteiger charge is 2.39. The first-order valence-electron chi connectivity index (χ1n) is 9.84. The maximum atomic E-state index is 14.0. The Morgan fingerprint density at radius 1 is 1.39 bits per heavy atom. The molecule has 1 aliphatic heterocycles. The fraction of sp³-hybridized carbons (Fsp3) is 0.571. The van der Waals surface area contributed by atoms with Crippen molar-refractivity contribution in [3.05, 3.63) is 35.0 Å². The Bertz CT molecular complexity index is 879. The number of benzene rings is 1. The Labute approximate surface area is 168 Å². The van der Waals surface area contributed by atoms with Gasteiger partial charge in [0.25, 0.3) is 5.91 Å². The molecule has 0 spiro atoms. The number of aliphatic hydroxyl groups is 1. The summed E-state index contributed by atoms with van der Waals surface area (Å²) in [7, 11) is 0. The van der Waals surface area contributed by atoms with Crippen molar-refractivity contribution in [2.75, 3.05) is 19.8 Å². The smallest absolute Gasteiger partial charge is 0.253 e. The third-order valence-electron chi connectivity index (χ3n) is 6.15. The van der Waals surface area contributed by atoms with Gasteiger partial charge in [0.1, 0.15) is 5.67 Å². The zero-order chi connectivity index (χ0) is 19.9. The molecule has 2 aliphatic rings. The van der Waals surface area contributed by atoms with Crippen molar-refractivity contribution >= 4 is 28.4 Å². The molecule has 1 aromatic carbocycles. The van der Waals surface area contributed by atoms with Crippen LogP contribution in [0.1, 0.15) is 55.4 Å². The normalized spacial score (nSPS) is 30.6. The second-order valence-corrected chi connectivity index (χ2v) is 8.83. The van der Waals surface area contributed by atoms with E-state index in [0.29, 0.717) is 54.9 Å². The summed E-state index contributed by atoms with van der Waals surface area (Å²) >= 11 is 6.42. The SMILES string of the molecule is CC1(F)CCC(O)(CNC(=O)c2cn(C3CCOC3)c3cccc(Cl)c23)CC1. The van der Waals surface area contributed by atoms with E-state index >= 15 is 0 Å². The predicted molar refractivity (Wildman–Crippen MR) is 107 cm³/mol. The van der Waals surface area contributed by atoms with Crippen LogP contribution in [0.5, 0.6) is 0 Å². The lowest BCUT2D eigenvalue weighted by Crippen LogP contribution is -2.47. The van der Waals surface area contributed by atoms with Gasteiger partial charge in [0.15, 0.2) is 0 Å². The lowest BCUT2D eigenvalue weighted by Gasteiger charge is -2.37. The molecule has 1 aliphatic carbocycles. The summed E-state index contributed by atoms with van der Waals surface area (Å²) in [5.74, 6) is -0.280. The lowest BCUT2D eigenvalue weighted by atomic mass is 9.78. The number of alkyl halides is 1. The van der Waals surface area contributed by atoms with Gasteiger partial charge < -0.3 is 19.7 Å². The minimum atomic E-state index is -1.24. The summed E-state index contributed by atoms with van der Waals surface area (Å²) in [5, 5.41) is 14.8. The first kappa shape index (κ1) is 19.7. The molecule has 7 heteroatoms. The summed E-state index contributed by atoms with van der Waals surface area (Å²) in [6.07, 6.45) is 3.98. The molecule has 2 aromatic rings. The van der Waals surface area contributed by atoms with Crippen LogP contribution in [0.3, 0.4) is 0 Å². The van der Waals surface area contributed by atoms with Crippen LogP contribution in [-0.2, 0) is 4.74 Å². The molecule has 28 heavy (non-hydrogen) atoms. The van der Waals surface area contributed by atoms with Gasteiger partial charge in [0.05, 0.1) is 34.4 Å². The molecular formula is C21H26ClFN2O3. The van der Waals surface area contributed by atoms with Crippen molar-refractivity contribution in [3.8, 4) is 0 Å². The fourth-order valence-corrected chi connectivity index (χ4v) is 4.51. The molecule has 4 rings (SSSR count). The van der Waals surface area contributed by atoms with Crippen LogP contribution < -0.4 is 5.32 Å². The second kappa shape index (κ2) is 7.32. The van der Waals surface area contributed by atoms with E-state index in [0.717, 1.165) is 11.9 Å². The number of carbonyl (C=O) groups is 1. The number of hydrogen-bond acceptors (Lipinski definition) is 3. The van der Waals surface area contributed by atoms with E-state index in [1.165, 1.54) is 0 Å². The number of amides is 1. The van der Waals surface area contributed by atoms with Crippen molar-refractivity contribution in [3.63, 3.8) is 0 Å². The van der Waals surface area contributed by atoms with Gasteiger partial charge in [-0.15, -0.1) is 0 Å². The molecule has 0 bridgehead atoms. The van der Waals surface area contributed by atoms with E-state index in [1.54, 1.807) is 13.0 Å². The van der Waals surface area contributed by atoms with E-state index in [1.807, 2.05) is 18.3 Å². The van der Waals surface area contributed by atoms with Crippen molar-refractivity contribution in [1.29, 1.82) is 0 Å². The monoisotopic (exact) mass is 408 g/mol. The van der Waals surface area contributed by atoms with Crippen molar-refractivity contribution < 1.29 is 19.0 Å². The molecule has 0 radical (unpaired) electrons. The van der Waals surface area contributed by atoms with Gasteiger partial charge in [-0.3, -0.25) is 4.79 Å². The van der Waals surface area contributed by atoms with Crippen LogP contribution in [0.25, 0.3) is 10.9 Å². The number of ether oxygens (including phenoxy) is 1. The molecule has 2 heterocycles. The van der Waals surface area contributed by atoms with E-state index in [4.69, 9.17) is 16.3 Å². The Balaban J connectivity index is 1.56. The highest BCUT2D eigenvalue weighted by atomic mass is 35.5. The number of rotatable bonds is 4. The third-order valence-corrected chi connectivity index (χ3v) is 6.47. The van der Waals surface area contributed by atoms with Crippen LogP contribution >= 0.6 is 11.6 Å². The molecule has 2 N–H and O–H groups in total. The highest BCUT2D eigenvalue weighted by molar-refractivity contribution is 6.36. The molecule has 1 saturated heterocycles. The minimum absolute atomic E-state index is 0.103. The van der Waals surface area contributed by atoms with Crippen LogP contribution in [0.4, 0.5) is 4.39 Å². The number of nitrogens with zero attached hydrogens (tertiary/aromatic N) is 1. The number of aromatic nitrogens is 1. The zero-order valence-corrected chi connectivity index (χ0v) is 16.8. The maximum Gasteiger partial charge on any atom is 0.253 e. The zero-order valence-electron chi connectivity index (χ0n) is 16.0. The van der Waals surface area contributed by atoms with Gasteiger partial charge in [0, 0.05) is 24.7 Å². The molecule has 1 atom stereocenters. The van der Waals surface area contributed by atoms with Gasteiger partial charge in [0.2, 0.25) is 0 Å². The molecule has 5 nitrogen and oxygen atoms in total. The molecule has 1 amide bonds. The molecule has 1 unspecified atom stereocenters. The van der Waals surface area contributed by atoms with Gasteiger partial charge in [-0.05, 0) is 51.2 Å². The summed E-state index contributed by atoms with van der Waals surface area (Å²) < 4.78 is 21.6. The van der Waals surface area contributed by atoms with Crippen LogP contribution in [0, 0.1) is 0 Å². The summed E-state index contributed by atoms with van der Waals surface area (Å²) in [5.41, 5.74) is -0.913. The molecule has 152 valence electrons. The van der Waals surface area contributed by atoms with Crippen LogP contribution in [0.2, 0.25) is 5.02 Å². The summed E-state index contributed by atoms with van der Waals surface area (Å²) in [4.78, 5) is 13.0. The average Bonchev–Trinajstić information content (AvgIpc) is 3.31. The first-order chi connectivity index (χ1) is 13.3. The Morgan fingerprint density at radius 3 is 2.82 bits per heavy atom. The lowest BCUT2D eigenvalue weighted by molar-refractivity contribution is -0.0374. The molecule has 1 saturated carbocycles. The minimum Gasteiger partial charge on any atom is -0.388 e. The predicted octanol–water partition coefficient (Wildman–Crippen LogP) is 4.02. The second-order valence-electron chi connectivity index (χ2n) is 8.42. The summed E-state index contributed by atoms with van der Waals surface area (Å²) in [6.45, 7) is 2.98. The van der Waals surface area contributed by atoms with Crippen molar-refractivity contribution in [2.24, 2.45) is 0 Å². The first-order valence-corrected chi connectivity index (χ1v) is 10.2. The van der Waals surface area contributed by atoms with Gasteiger partial charge in [-0.1, -0.05) is 17.7 Å². The van der Waals surface area contributed by atoms with E-state index in [2.05, 4.69) is 9.88 Å². The quantitative estimate of drug-likeness (QED) is 0.803. The van der Waals surface area contributed by atoms with Crippen molar-refractivity contribution in [2.45, 2.75) is 56.3 Å². The Kier molecular flexibility index (Phi) is 5.14. The largest absolute Gasteiger partial charge is 0.388 e. The third kappa shape index (κ3) is 3.78. The van der Waals surface area contributed by atoms with Gasteiger partial charge in [-0.25, -0.2) is 4.39 Å². The highest BCUT2D eigenvalue weighted by Crippen LogP contribution is 2.37. The van der Waals surface area contributed by atoms with Gasteiger partial charge >= 0.3 is 0 Å². The molecular weight excluding hydrogens is 383 g/mol. The van der Waals surface area contributed by atoms with Crippen molar-refractivity contribution in [1.82, 2.24) is 9.88 Å².